The summed E-state index contributed by atoms with van der Waals surface area (Å²) < 4.78 is 3.28. The van der Waals surface area contributed by atoms with Gasteiger partial charge in [0.25, 0.3) is 11.5 Å². The summed E-state index contributed by atoms with van der Waals surface area (Å²) in [5.41, 5.74) is 1.16. The summed E-state index contributed by atoms with van der Waals surface area (Å²) in [5.74, 6) is -0.332. The van der Waals surface area contributed by atoms with Gasteiger partial charge >= 0.3 is 0 Å². The SMILES string of the molecule is CC(C)NC(=O)c1cc2c(=O)n3ccccc3nc2n(C2CCCC2)c1=N. The molecule has 140 valence electrons. The average Bonchev–Trinajstić information content (AvgIpc) is 3.15. The van der Waals surface area contributed by atoms with Gasteiger partial charge in [-0.3, -0.25) is 19.4 Å². The van der Waals surface area contributed by atoms with E-state index in [2.05, 4.69) is 10.3 Å². The molecule has 3 aromatic heterocycles. The van der Waals surface area contributed by atoms with E-state index in [0.717, 1.165) is 25.7 Å². The number of carbonyl (C=O) groups excluding carboxylic acids is 1. The Morgan fingerprint density at radius 1 is 1.30 bits per heavy atom. The van der Waals surface area contributed by atoms with Gasteiger partial charge < -0.3 is 9.88 Å². The van der Waals surface area contributed by atoms with Crippen LogP contribution in [0.25, 0.3) is 16.7 Å². The van der Waals surface area contributed by atoms with Crippen molar-refractivity contribution < 1.29 is 4.79 Å². The second-order valence-corrected chi connectivity index (χ2v) is 7.43. The van der Waals surface area contributed by atoms with Crippen LogP contribution in [0.3, 0.4) is 0 Å². The van der Waals surface area contributed by atoms with Crippen LogP contribution >= 0.6 is 0 Å². The molecule has 7 heteroatoms. The van der Waals surface area contributed by atoms with Crippen molar-refractivity contribution in [1.29, 1.82) is 5.41 Å². The third kappa shape index (κ3) is 2.93. The standard InChI is InChI=1S/C20H23N5O2/c1-12(2)22-19(26)14-11-15-18(25(17(14)21)13-7-3-4-8-13)23-16-9-5-6-10-24(16)20(15)27/h5-6,9-13,21H,3-4,7-8H2,1-2H3,(H,22,26). The highest BCUT2D eigenvalue weighted by atomic mass is 16.1. The van der Waals surface area contributed by atoms with Crippen LogP contribution in [-0.2, 0) is 0 Å². The quantitative estimate of drug-likeness (QED) is 0.698. The minimum absolute atomic E-state index is 0.0525. The molecule has 7 nitrogen and oxygen atoms in total. The fourth-order valence-electron chi connectivity index (χ4n) is 3.88. The Labute approximate surface area is 156 Å². The zero-order valence-electron chi connectivity index (χ0n) is 15.5. The van der Waals surface area contributed by atoms with Crippen molar-refractivity contribution in [2.24, 2.45) is 0 Å². The van der Waals surface area contributed by atoms with Gasteiger partial charge in [-0.2, -0.15) is 0 Å². The van der Waals surface area contributed by atoms with E-state index in [9.17, 15) is 9.59 Å². The van der Waals surface area contributed by atoms with Crippen molar-refractivity contribution in [1.82, 2.24) is 19.3 Å². The van der Waals surface area contributed by atoms with Gasteiger partial charge in [0, 0.05) is 18.3 Å². The lowest BCUT2D eigenvalue weighted by atomic mass is 10.1. The van der Waals surface area contributed by atoms with Gasteiger partial charge in [0.05, 0.1) is 10.9 Å². The molecule has 1 amide bonds. The van der Waals surface area contributed by atoms with E-state index in [4.69, 9.17) is 5.41 Å². The molecule has 0 radical (unpaired) electrons. The molecular formula is C20H23N5O2. The highest BCUT2D eigenvalue weighted by molar-refractivity contribution is 5.97. The number of hydrogen-bond acceptors (Lipinski definition) is 4. The van der Waals surface area contributed by atoms with E-state index >= 15 is 0 Å². The first-order valence-corrected chi connectivity index (χ1v) is 9.39. The Kier molecular flexibility index (Phi) is 4.30. The van der Waals surface area contributed by atoms with E-state index in [1.165, 1.54) is 10.5 Å². The summed E-state index contributed by atoms with van der Waals surface area (Å²) >= 11 is 0. The summed E-state index contributed by atoms with van der Waals surface area (Å²) in [6, 6.07) is 6.95. The molecule has 0 aromatic carbocycles. The van der Waals surface area contributed by atoms with Crippen LogP contribution in [-0.4, -0.2) is 25.9 Å². The molecule has 0 spiro atoms. The average molecular weight is 365 g/mol. The highest BCUT2D eigenvalue weighted by Gasteiger charge is 2.24. The van der Waals surface area contributed by atoms with Crippen LogP contribution in [0.1, 0.15) is 55.9 Å². The van der Waals surface area contributed by atoms with E-state index in [1.807, 2.05) is 19.9 Å². The van der Waals surface area contributed by atoms with Crippen LogP contribution in [0.4, 0.5) is 0 Å². The predicted octanol–water partition coefficient (Wildman–Crippen LogP) is 2.38. The van der Waals surface area contributed by atoms with Crippen molar-refractivity contribution in [3.05, 3.63) is 51.9 Å². The first kappa shape index (κ1) is 17.5. The highest BCUT2D eigenvalue weighted by Crippen LogP contribution is 2.30. The number of amides is 1. The first-order chi connectivity index (χ1) is 13.0. The van der Waals surface area contributed by atoms with Gasteiger partial charge in [-0.15, -0.1) is 0 Å². The summed E-state index contributed by atoms with van der Waals surface area (Å²) in [5, 5.41) is 11.9. The zero-order chi connectivity index (χ0) is 19.1. The molecule has 4 rings (SSSR count). The summed E-state index contributed by atoms with van der Waals surface area (Å²) in [4.78, 5) is 30.4. The van der Waals surface area contributed by atoms with E-state index in [-0.39, 0.29) is 34.6 Å². The smallest absolute Gasteiger partial charge is 0.267 e. The number of pyridine rings is 2. The molecule has 0 aliphatic heterocycles. The molecule has 3 heterocycles. The maximum Gasteiger partial charge on any atom is 0.267 e. The van der Waals surface area contributed by atoms with Crippen LogP contribution < -0.4 is 16.4 Å². The van der Waals surface area contributed by atoms with Gasteiger partial charge in [-0.1, -0.05) is 18.9 Å². The summed E-state index contributed by atoms with van der Waals surface area (Å²) in [7, 11) is 0. The number of nitrogens with zero attached hydrogens (tertiary/aromatic N) is 3. The van der Waals surface area contributed by atoms with Gasteiger partial charge in [0.15, 0.2) is 0 Å². The molecular weight excluding hydrogens is 342 g/mol. The molecule has 0 atom stereocenters. The maximum atomic E-state index is 13.1. The van der Waals surface area contributed by atoms with Crippen LogP contribution in [0.2, 0.25) is 0 Å². The van der Waals surface area contributed by atoms with Crippen LogP contribution in [0.5, 0.6) is 0 Å². The van der Waals surface area contributed by atoms with Crippen LogP contribution in [0.15, 0.2) is 35.3 Å². The predicted molar refractivity (Wildman–Crippen MR) is 103 cm³/mol. The lowest BCUT2D eigenvalue weighted by Crippen LogP contribution is -2.38. The Morgan fingerprint density at radius 2 is 2.04 bits per heavy atom. The molecule has 27 heavy (non-hydrogen) atoms. The van der Waals surface area contributed by atoms with Gasteiger partial charge in [-0.25, -0.2) is 4.98 Å². The molecule has 1 aliphatic rings. The summed E-state index contributed by atoms with van der Waals surface area (Å²) in [6.07, 6.45) is 5.68. The van der Waals surface area contributed by atoms with Crippen molar-refractivity contribution in [2.75, 3.05) is 0 Å². The minimum atomic E-state index is -0.332. The Hall–Kier alpha value is -2.96. The zero-order valence-corrected chi connectivity index (χ0v) is 15.5. The summed E-state index contributed by atoms with van der Waals surface area (Å²) in [6.45, 7) is 3.75. The minimum Gasteiger partial charge on any atom is -0.350 e. The van der Waals surface area contributed by atoms with Crippen molar-refractivity contribution in [3.63, 3.8) is 0 Å². The van der Waals surface area contributed by atoms with Crippen molar-refractivity contribution in [3.8, 4) is 0 Å². The third-order valence-corrected chi connectivity index (χ3v) is 5.12. The molecule has 1 fully saturated rings. The Bertz CT molecular complexity index is 1150. The molecule has 1 aliphatic carbocycles. The van der Waals surface area contributed by atoms with Gasteiger partial charge in [0.1, 0.15) is 16.8 Å². The van der Waals surface area contributed by atoms with Crippen molar-refractivity contribution >= 4 is 22.6 Å². The fourth-order valence-corrected chi connectivity index (χ4v) is 3.88. The molecule has 0 saturated heterocycles. The lowest BCUT2D eigenvalue weighted by molar-refractivity contribution is 0.0940. The molecule has 0 bridgehead atoms. The first-order valence-electron chi connectivity index (χ1n) is 9.39. The van der Waals surface area contributed by atoms with Gasteiger partial charge in [0.2, 0.25) is 0 Å². The molecule has 3 aromatic rings. The lowest BCUT2D eigenvalue weighted by Gasteiger charge is -2.20. The monoisotopic (exact) mass is 365 g/mol. The Balaban J connectivity index is 2.09. The fraction of sp³-hybridized carbons (Fsp3) is 0.400. The topological polar surface area (TPSA) is 92.2 Å². The number of aromatic nitrogens is 3. The van der Waals surface area contributed by atoms with E-state index in [1.54, 1.807) is 22.9 Å². The maximum absolute atomic E-state index is 13.1. The normalized spacial score (nSPS) is 15.1. The third-order valence-electron chi connectivity index (χ3n) is 5.12. The molecule has 2 N–H and O–H groups in total. The van der Waals surface area contributed by atoms with Gasteiger partial charge in [-0.05, 0) is 44.9 Å². The number of fused-ring (bicyclic) bond motifs is 2. The van der Waals surface area contributed by atoms with E-state index < -0.39 is 0 Å². The second kappa shape index (κ2) is 6.64. The van der Waals surface area contributed by atoms with E-state index in [0.29, 0.717) is 16.7 Å². The van der Waals surface area contributed by atoms with Crippen LogP contribution in [0, 0.1) is 5.41 Å². The number of rotatable bonds is 3. The largest absolute Gasteiger partial charge is 0.350 e. The number of carbonyl (C=O) groups is 1. The number of nitrogens with one attached hydrogen (secondary N) is 2. The Morgan fingerprint density at radius 3 is 2.74 bits per heavy atom. The molecule has 1 saturated carbocycles. The number of hydrogen-bond donors (Lipinski definition) is 2. The second-order valence-electron chi connectivity index (χ2n) is 7.43. The van der Waals surface area contributed by atoms with Crippen molar-refractivity contribution in [2.45, 2.75) is 51.6 Å². The molecule has 0 unspecified atom stereocenters.